The zero-order chi connectivity index (χ0) is 13.7. The summed E-state index contributed by atoms with van der Waals surface area (Å²) in [5, 5.41) is 0. The number of thioether (sulfide) groups is 1. The molecule has 2 N–H and O–H groups in total. The van der Waals surface area contributed by atoms with Gasteiger partial charge in [0.25, 0.3) is 0 Å². The highest BCUT2D eigenvalue weighted by Crippen LogP contribution is 2.20. The first-order valence-corrected chi connectivity index (χ1v) is 7.49. The molecule has 0 spiro atoms. The monoisotopic (exact) mass is 280 g/mol. The molecule has 0 bridgehead atoms. The van der Waals surface area contributed by atoms with Crippen LogP contribution in [0, 0.1) is 0 Å². The number of carbonyl (C=O) groups excluding carboxylic acids is 1. The quantitative estimate of drug-likeness (QED) is 0.852. The second kappa shape index (κ2) is 6.93. The Hall–Kier alpha value is -1.04. The van der Waals surface area contributed by atoms with Crippen LogP contribution in [-0.4, -0.2) is 42.9 Å². The third kappa shape index (κ3) is 4.23. The Kier molecular flexibility index (Phi) is 5.24. The van der Waals surface area contributed by atoms with Crippen LogP contribution in [0.3, 0.4) is 0 Å². The summed E-state index contributed by atoms with van der Waals surface area (Å²) in [6, 6.07) is 8.14. The summed E-state index contributed by atoms with van der Waals surface area (Å²) >= 11 is 1.57. The number of rotatable bonds is 4. The van der Waals surface area contributed by atoms with Crippen molar-refractivity contribution in [3.8, 4) is 0 Å². The molecule has 1 heterocycles. The lowest BCUT2D eigenvalue weighted by atomic mass is 10.1. The minimum Gasteiger partial charge on any atom is -0.378 e. The molecule has 19 heavy (non-hydrogen) atoms. The maximum atomic E-state index is 12.0. The minimum atomic E-state index is 0.0500. The van der Waals surface area contributed by atoms with E-state index in [4.69, 9.17) is 10.5 Å². The van der Waals surface area contributed by atoms with E-state index < -0.39 is 0 Å². The standard InChI is InChI=1S/C14H20N2O2S/c1-11(15)12-2-4-13(5-3-12)19-10-14(17)16-6-8-18-9-7-16/h2-5,11H,6-10,15H2,1H3. The maximum Gasteiger partial charge on any atom is 0.233 e. The van der Waals surface area contributed by atoms with Crippen LogP contribution in [0.25, 0.3) is 0 Å². The predicted octanol–water partition coefficient (Wildman–Crippen LogP) is 1.66. The summed E-state index contributed by atoms with van der Waals surface area (Å²) < 4.78 is 5.24. The van der Waals surface area contributed by atoms with E-state index in [9.17, 15) is 4.79 Å². The molecule has 0 aromatic heterocycles. The topological polar surface area (TPSA) is 55.6 Å². The molecule has 1 saturated heterocycles. The number of nitrogens with two attached hydrogens (primary N) is 1. The summed E-state index contributed by atoms with van der Waals surface area (Å²) in [4.78, 5) is 14.9. The molecular formula is C14H20N2O2S. The maximum absolute atomic E-state index is 12.0. The number of nitrogens with zero attached hydrogens (tertiary/aromatic N) is 1. The van der Waals surface area contributed by atoms with Crippen molar-refractivity contribution in [2.24, 2.45) is 5.73 Å². The van der Waals surface area contributed by atoms with Crippen LogP contribution in [0.2, 0.25) is 0 Å². The first-order chi connectivity index (χ1) is 9.16. The van der Waals surface area contributed by atoms with Gasteiger partial charge in [-0.3, -0.25) is 4.79 Å². The number of hydrogen-bond donors (Lipinski definition) is 1. The average molecular weight is 280 g/mol. The van der Waals surface area contributed by atoms with Gasteiger partial charge >= 0.3 is 0 Å². The zero-order valence-electron chi connectivity index (χ0n) is 11.2. The van der Waals surface area contributed by atoms with Gasteiger partial charge in [-0.1, -0.05) is 12.1 Å². The first kappa shape index (κ1) is 14.4. The second-order valence-electron chi connectivity index (χ2n) is 4.64. The van der Waals surface area contributed by atoms with Crippen LogP contribution < -0.4 is 5.73 Å². The van der Waals surface area contributed by atoms with E-state index in [1.807, 2.05) is 36.1 Å². The molecule has 1 atom stereocenters. The van der Waals surface area contributed by atoms with E-state index in [-0.39, 0.29) is 11.9 Å². The van der Waals surface area contributed by atoms with Gasteiger partial charge in [-0.05, 0) is 24.6 Å². The SMILES string of the molecule is CC(N)c1ccc(SCC(=O)N2CCOCC2)cc1. The van der Waals surface area contributed by atoms with Crippen molar-refractivity contribution in [3.05, 3.63) is 29.8 Å². The normalized spacial score (nSPS) is 17.3. The summed E-state index contributed by atoms with van der Waals surface area (Å²) in [6.07, 6.45) is 0. The lowest BCUT2D eigenvalue weighted by Crippen LogP contribution is -2.41. The zero-order valence-corrected chi connectivity index (χ0v) is 12.0. The molecule has 1 aliphatic rings. The van der Waals surface area contributed by atoms with Crippen LogP contribution in [0.1, 0.15) is 18.5 Å². The van der Waals surface area contributed by atoms with Gasteiger partial charge in [-0.15, -0.1) is 11.8 Å². The second-order valence-corrected chi connectivity index (χ2v) is 5.69. The smallest absolute Gasteiger partial charge is 0.233 e. The van der Waals surface area contributed by atoms with E-state index >= 15 is 0 Å². The third-order valence-electron chi connectivity index (χ3n) is 3.13. The summed E-state index contributed by atoms with van der Waals surface area (Å²) in [6.45, 7) is 4.69. The fourth-order valence-corrected chi connectivity index (χ4v) is 2.72. The van der Waals surface area contributed by atoms with E-state index in [1.165, 1.54) is 0 Å². The van der Waals surface area contributed by atoms with Gasteiger partial charge in [0.1, 0.15) is 0 Å². The van der Waals surface area contributed by atoms with Crippen molar-refractivity contribution in [1.82, 2.24) is 4.90 Å². The highest BCUT2D eigenvalue weighted by molar-refractivity contribution is 8.00. The fourth-order valence-electron chi connectivity index (χ4n) is 1.92. The van der Waals surface area contributed by atoms with Gasteiger partial charge < -0.3 is 15.4 Å². The molecule has 1 aliphatic heterocycles. The molecule has 1 amide bonds. The van der Waals surface area contributed by atoms with Crippen molar-refractivity contribution >= 4 is 17.7 Å². The van der Waals surface area contributed by atoms with Gasteiger partial charge in [-0.25, -0.2) is 0 Å². The first-order valence-electron chi connectivity index (χ1n) is 6.50. The van der Waals surface area contributed by atoms with E-state index in [0.29, 0.717) is 32.1 Å². The summed E-state index contributed by atoms with van der Waals surface area (Å²) in [5.74, 6) is 0.668. The van der Waals surface area contributed by atoms with Crippen LogP contribution in [0.15, 0.2) is 29.2 Å². The van der Waals surface area contributed by atoms with Crippen molar-refractivity contribution in [2.45, 2.75) is 17.9 Å². The van der Waals surface area contributed by atoms with Crippen LogP contribution in [0.5, 0.6) is 0 Å². The van der Waals surface area contributed by atoms with Crippen LogP contribution in [-0.2, 0) is 9.53 Å². The number of carbonyl (C=O) groups is 1. The van der Waals surface area contributed by atoms with Crippen LogP contribution >= 0.6 is 11.8 Å². The highest BCUT2D eigenvalue weighted by Gasteiger charge is 2.16. The Morgan fingerprint density at radius 2 is 2.00 bits per heavy atom. The van der Waals surface area contributed by atoms with Crippen LogP contribution in [0.4, 0.5) is 0 Å². The fraction of sp³-hybridized carbons (Fsp3) is 0.500. The average Bonchev–Trinajstić information content (AvgIpc) is 2.46. The van der Waals surface area contributed by atoms with Gasteiger partial charge in [0.05, 0.1) is 19.0 Å². The number of ether oxygens (including phenoxy) is 1. The number of morpholine rings is 1. The molecular weight excluding hydrogens is 260 g/mol. The molecule has 104 valence electrons. The largest absolute Gasteiger partial charge is 0.378 e. The number of hydrogen-bond acceptors (Lipinski definition) is 4. The van der Waals surface area contributed by atoms with E-state index in [1.54, 1.807) is 11.8 Å². The Balaban J connectivity index is 1.82. The number of amides is 1. The van der Waals surface area contributed by atoms with Gasteiger partial charge in [0.15, 0.2) is 0 Å². The molecule has 4 nitrogen and oxygen atoms in total. The predicted molar refractivity (Wildman–Crippen MR) is 77.2 cm³/mol. The van der Waals surface area contributed by atoms with Crippen molar-refractivity contribution in [2.75, 3.05) is 32.1 Å². The van der Waals surface area contributed by atoms with Gasteiger partial charge in [-0.2, -0.15) is 0 Å². The molecule has 1 aromatic rings. The van der Waals surface area contributed by atoms with Crippen molar-refractivity contribution < 1.29 is 9.53 Å². The number of benzene rings is 1. The molecule has 5 heteroatoms. The van der Waals surface area contributed by atoms with Crippen molar-refractivity contribution in [1.29, 1.82) is 0 Å². The Morgan fingerprint density at radius 1 is 1.37 bits per heavy atom. The van der Waals surface area contributed by atoms with E-state index in [2.05, 4.69) is 0 Å². The minimum absolute atomic E-state index is 0.0500. The molecule has 1 fully saturated rings. The molecule has 0 radical (unpaired) electrons. The molecule has 0 saturated carbocycles. The molecule has 1 aromatic carbocycles. The Labute approximate surface area is 118 Å². The molecule has 2 rings (SSSR count). The summed E-state index contributed by atoms with van der Waals surface area (Å²) in [5.41, 5.74) is 6.92. The van der Waals surface area contributed by atoms with Crippen molar-refractivity contribution in [3.63, 3.8) is 0 Å². The van der Waals surface area contributed by atoms with Gasteiger partial charge in [0.2, 0.25) is 5.91 Å². The lowest BCUT2D eigenvalue weighted by Gasteiger charge is -2.26. The third-order valence-corrected chi connectivity index (χ3v) is 4.13. The Bertz CT molecular complexity index is 414. The molecule has 0 aliphatic carbocycles. The summed E-state index contributed by atoms with van der Waals surface area (Å²) in [7, 11) is 0. The lowest BCUT2D eigenvalue weighted by molar-refractivity contribution is -0.132. The van der Waals surface area contributed by atoms with Gasteiger partial charge in [0, 0.05) is 24.0 Å². The molecule has 1 unspecified atom stereocenters. The van der Waals surface area contributed by atoms with E-state index in [0.717, 1.165) is 10.5 Å². The highest BCUT2D eigenvalue weighted by atomic mass is 32.2. The Morgan fingerprint density at radius 3 is 2.58 bits per heavy atom.